The fraction of sp³-hybridized carbons (Fsp3) is 1.00. The molecule has 0 heterocycles. The molecule has 0 saturated carbocycles. The standard InChI is InChI=1S/C10H23NO2S/c1-5-7-11-8-6-9-14(12,13)10(2,3)4/h11H,5-9H2,1-4H3. The van der Waals surface area contributed by atoms with E-state index in [4.69, 9.17) is 0 Å². The van der Waals surface area contributed by atoms with Crippen LogP contribution in [0.25, 0.3) is 0 Å². The molecule has 0 bridgehead atoms. The van der Waals surface area contributed by atoms with Crippen LogP contribution in [-0.4, -0.2) is 32.0 Å². The van der Waals surface area contributed by atoms with Crippen LogP contribution >= 0.6 is 0 Å². The van der Waals surface area contributed by atoms with E-state index in [1.54, 1.807) is 20.8 Å². The first-order chi connectivity index (χ1) is 6.31. The minimum absolute atomic E-state index is 0.285. The van der Waals surface area contributed by atoms with Crippen LogP contribution in [0.15, 0.2) is 0 Å². The van der Waals surface area contributed by atoms with Crippen molar-refractivity contribution in [3.05, 3.63) is 0 Å². The highest BCUT2D eigenvalue weighted by molar-refractivity contribution is 7.92. The summed E-state index contributed by atoms with van der Waals surface area (Å²) in [6.45, 7) is 9.11. The van der Waals surface area contributed by atoms with Crippen LogP contribution in [0.5, 0.6) is 0 Å². The van der Waals surface area contributed by atoms with Gasteiger partial charge in [-0.2, -0.15) is 0 Å². The predicted octanol–water partition coefficient (Wildman–Crippen LogP) is 1.59. The molecule has 0 aliphatic heterocycles. The molecule has 86 valence electrons. The molecule has 0 atom stereocenters. The van der Waals surface area contributed by atoms with E-state index >= 15 is 0 Å². The third kappa shape index (κ3) is 4.96. The van der Waals surface area contributed by atoms with Crippen molar-refractivity contribution in [3.8, 4) is 0 Å². The molecule has 0 rings (SSSR count). The van der Waals surface area contributed by atoms with E-state index in [2.05, 4.69) is 12.2 Å². The van der Waals surface area contributed by atoms with Gasteiger partial charge in [0.1, 0.15) is 0 Å². The van der Waals surface area contributed by atoms with Gasteiger partial charge in [-0.1, -0.05) is 6.92 Å². The number of sulfone groups is 1. The monoisotopic (exact) mass is 221 g/mol. The van der Waals surface area contributed by atoms with Gasteiger partial charge in [-0.25, -0.2) is 8.42 Å². The van der Waals surface area contributed by atoms with Gasteiger partial charge < -0.3 is 5.32 Å². The van der Waals surface area contributed by atoms with Crippen LogP contribution in [-0.2, 0) is 9.84 Å². The summed E-state index contributed by atoms with van der Waals surface area (Å²) in [4.78, 5) is 0. The van der Waals surface area contributed by atoms with Crippen LogP contribution in [0.2, 0.25) is 0 Å². The van der Waals surface area contributed by atoms with Crippen molar-refractivity contribution in [2.75, 3.05) is 18.8 Å². The Morgan fingerprint density at radius 3 is 2.14 bits per heavy atom. The van der Waals surface area contributed by atoms with E-state index in [0.717, 1.165) is 19.5 Å². The average Bonchev–Trinajstić information content (AvgIpc) is 2.02. The summed E-state index contributed by atoms with van der Waals surface area (Å²) in [7, 11) is -2.92. The van der Waals surface area contributed by atoms with E-state index in [1.807, 2.05) is 0 Å². The summed E-state index contributed by atoms with van der Waals surface area (Å²) in [5, 5.41) is 3.19. The van der Waals surface area contributed by atoms with Crippen molar-refractivity contribution < 1.29 is 8.42 Å². The summed E-state index contributed by atoms with van der Waals surface area (Å²) >= 11 is 0. The summed E-state index contributed by atoms with van der Waals surface area (Å²) in [5.41, 5.74) is 0. The largest absolute Gasteiger partial charge is 0.317 e. The Hall–Kier alpha value is -0.0900. The molecule has 0 aliphatic carbocycles. The van der Waals surface area contributed by atoms with Gasteiger partial charge in [0.15, 0.2) is 9.84 Å². The fourth-order valence-corrected chi connectivity index (χ4v) is 2.13. The molecule has 0 aliphatic rings. The van der Waals surface area contributed by atoms with E-state index in [-0.39, 0.29) is 5.75 Å². The molecule has 0 spiro atoms. The third-order valence-electron chi connectivity index (χ3n) is 2.13. The van der Waals surface area contributed by atoms with Crippen molar-refractivity contribution in [1.29, 1.82) is 0 Å². The predicted molar refractivity (Wildman–Crippen MR) is 61.3 cm³/mol. The summed E-state index contributed by atoms with van der Waals surface area (Å²) in [5.74, 6) is 0.285. The summed E-state index contributed by atoms with van der Waals surface area (Å²) in [6, 6.07) is 0. The topological polar surface area (TPSA) is 46.2 Å². The highest BCUT2D eigenvalue weighted by atomic mass is 32.2. The second-order valence-electron chi connectivity index (χ2n) is 4.53. The minimum Gasteiger partial charge on any atom is -0.317 e. The van der Waals surface area contributed by atoms with Crippen LogP contribution in [0.1, 0.15) is 40.5 Å². The normalized spacial score (nSPS) is 13.1. The van der Waals surface area contributed by atoms with E-state index in [0.29, 0.717) is 6.42 Å². The number of rotatable bonds is 6. The van der Waals surface area contributed by atoms with Crippen molar-refractivity contribution in [1.82, 2.24) is 5.32 Å². The molecule has 1 N–H and O–H groups in total. The van der Waals surface area contributed by atoms with Gasteiger partial charge in [0.2, 0.25) is 0 Å². The molecule has 0 amide bonds. The zero-order valence-electron chi connectivity index (χ0n) is 9.76. The zero-order valence-corrected chi connectivity index (χ0v) is 10.6. The maximum atomic E-state index is 11.7. The van der Waals surface area contributed by atoms with E-state index in [9.17, 15) is 8.42 Å². The average molecular weight is 221 g/mol. The van der Waals surface area contributed by atoms with E-state index in [1.165, 1.54) is 0 Å². The molecule has 0 saturated heterocycles. The first-order valence-corrected chi connectivity index (χ1v) is 6.89. The van der Waals surface area contributed by atoms with Crippen LogP contribution in [0.3, 0.4) is 0 Å². The number of hydrogen-bond donors (Lipinski definition) is 1. The van der Waals surface area contributed by atoms with Crippen molar-refractivity contribution in [2.45, 2.75) is 45.3 Å². The molecular weight excluding hydrogens is 198 g/mol. The molecule has 0 fully saturated rings. The van der Waals surface area contributed by atoms with E-state index < -0.39 is 14.6 Å². The molecule has 0 aromatic heterocycles. The van der Waals surface area contributed by atoms with Crippen LogP contribution in [0.4, 0.5) is 0 Å². The molecule has 0 aromatic rings. The molecular formula is C10H23NO2S. The lowest BCUT2D eigenvalue weighted by Crippen LogP contribution is -2.31. The van der Waals surface area contributed by atoms with Crippen molar-refractivity contribution >= 4 is 9.84 Å². The Balaban J connectivity index is 3.80. The molecule has 4 heteroatoms. The van der Waals surface area contributed by atoms with Gasteiger partial charge >= 0.3 is 0 Å². The molecule has 0 aromatic carbocycles. The van der Waals surface area contributed by atoms with Crippen LogP contribution in [0, 0.1) is 0 Å². The third-order valence-corrected chi connectivity index (χ3v) is 4.82. The Kier molecular flexibility index (Phi) is 5.67. The minimum atomic E-state index is -2.92. The number of hydrogen-bond acceptors (Lipinski definition) is 3. The van der Waals surface area contributed by atoms with Crippen molar-refractivity contribution in [3.63, 3.8) is 0 Å². The second kappa shape index (κ2) is 5.71. The van der Waals surface area contributed by atoms with Gasteiger partial charge in [-0.15, -0.1) is 0 Å². The number of nitrogens with one attached hydrogen (secondary N) is 1. The molecule has 14 heavy (non-hydrogen) atoms. The molecule has 0 unspecified atom stereocenters. The molecule has 0 radical (unpaired) electrons. The Labute approximate surface area is 88.2 Å². The maximum Gasteiger partial charge on any atom is 0.155 e. The van der Waals surface area contributed by atoms with Gasteiger partial charge in [0.05, 0.1) is 10.5 Å². The van der Waals surface area contributed by atoms with Gasteiger partial charge in [0, 0.05) is 0 Å². The SMILES string of the molecule is CCCNCCCS(=O)(=O)C(C)(C)C. The summed E-state index contributed by atoms with van der Waals surface area (Å²) in [6.07, 6.45) is 1.80. The van der Waals surface area contributed by atoms with Crippen molar-refractivity contribution in [2.24, 2.45) is 0 Å². The summed E-state index contributed by atoms with van der Waals surface area (Å²) < 4.78 is 22.7. The lowest BCUT2D eigenvalue weighted by atomic mass is 10.3. The Morgan fingerprint density at radius 1 is 1.14 bits per heavy atom. The zero-order chi connectivity index (χ0) is 11.2. The second-order valence-corrected chi connectivity index (χ2v) is 7.40. The molecule has 3 nitrogen and oxygen atoms in total. The first-order valence-electron chi connectivity index (χ1n) is 5.24. The first kappa shape index (κ1) is 13.9. The Bertz CT molecular complexity index is 239. The quantitative estimate of drug-likeness (QED) is 0.693. The van der Waals surface area contributed by atoms with Gasteiger partial charge in [-0.3, -0.25) is 0 Å². The fourth-order valence-electron chi connectivity index (χ4n) is 0.995. The smallest absolute Gasteiger partial charge is 0.155 e. The van der Waals surface area contributed by atoms with Gasteiger partial charge in [-0.05, 0) is 46.7 Å². The van der Waals surface area contributed by atoms with Crippen LogP contribution < -0.4 is 5.32 Å². The Morgan fingerprint density at radius 2 is 1.71 bits per heavy atom. The lowest BCUT2D eigenvalue weighted by molar-refractivity contribution is 0.554. The highest BCUT2D eigenvalue weighted by Gasteiger charge is 2.27. The van der Waals surface area contributed by atoms with Gasteiger partial charge in [0.25, 0.3) is 0 Å². The maximum absolute atomic E-state index is 11.7. The lowest BCUT2D eigenvalue weighted by Gasteiger charge is -2.18. The highest BCUT2D eigenvalue weighted by Crippen LogP contribution is 2.16.